The van der Waals surface area contributed by atoms with E-state index in [0.717, 1.165) is 25.9 Å². The van der Waals surface area contributed by atoms with Crippen molar-refractivity contribution >= 4 is 12.1 Å². The number of nitrogens with zero attached hydrogens (tertiary/aromatic N) is 1. The number of alkyl carbamates (subject to hydrolysis) is 1. The molecule has 1 aliphatic heterocycles. The van der Waals surface area contributed by atoms with Crippen molar-refractivity contribution in [3.63, 3.8) is 0 Å². The number of rotatable bonds is 4. The smallest absolute Gasteiger partial charge is 0.408 e. The molecule has 0 aromatic carbocycles. The fourth-order valence-electron chi connectivity index (χ4n) is 2.17. The van der Waals surface area contributed by atoms with Crippen LogP contribution in [0.1, 0.15) is 40.0 Å². The SMILES string of the molecule is COC(=O)[C@H](CN1CCCCC1)NC(=O)OC(C)(C)C. The van der Waals surface area contributed by atoms with Gasteiger partial charge in [-0.05, 0) is 46.7 Å². The van der Waals surface area contributed by atoms with Crippen LogP contribution in [0, 0.1) is 0 Å². The number of piperidine rings is 1. The molecule has 0 bridgehead atoms. The number of esters is 1. The molecule has 1 N–H and O–H groups in total. The van der Waals surface area contributed by atoms with E-state index in [1.807, 2.05) is 0 Å². The first kappa shape index (κ1) is 16.8. The molecule has 0 unspecified atom stereocenters. The lowest BCUT2D eigenvalue weighted by atomic mass is 10.1. The van der Waals surface area contributed by atoms with Crippen molar-refractivity contribution in [2.45, 2.75) is 51.7 Å². The Bertz CT molecular complexity index is 333. The number of likely N-dealkylation sites (tertiary alicyclic amines) is 1. The maximum absolute atomic E-state index is 11.8. The molecule has 1 amide bonds. The highest BCUT2D eigenvalue weighted by Crippen LogP contribution is 2.10. The molecule has 1 fully saturated rings. The van der Waals surface area contributed by atoms with Crippen LogP contribution in [0.3, 0.4) is 0 Å². The van der Waals surface area contributed by atoms with Gasteiger partial charge in [-0.15, -0.1) is 0 Å². The highest BCUT2D eigenvalue weighted by atomic mass is 16.6. The molecule has 1 heterocycles. The van der Waals surface area contributed by atoms with Crippen molar-refractivity contribution in [2.24, 2.45) is 0 Å². The quantitative estimate of drug-likeness (QED) is 0.794. The van der Waals surface area contributed by atoms with Gasteiger partial charge in [0.05, 0.1) is 7.11 Å². The molecule has 0 spiro atoms. The van der Waals surface area contributed by atoms with E-state index in [1.165, 1.54) is 13.5 Å². The van der Waals surface area contributed by atoms with E-state index in [0.29, 0.717) is 6.54 Å². The van der Waals surface area contributed by atoms with Crippen LogP contribution in [-0.2, 0) is 14.3 Å². The molecule has 116 valence electrons. The van der Waals surface area contributed by atoms with Crippen LogP contribution in [0.25, 0.3) is 0 Å². The average Bonchev–Trinajstić information content (AvgIpc) is 2.36. The molecule has 1 atom stereocenters. The van der Waals surface area contributed by atoms with Crippen molar-refractivity contribution < 1.29 is 19.1 Å². The molecule has 0 aliphatic carbocycles. The van der Waals surface area contributed by atoms with Crippen LogP contribution in [0.15, 0.2) is 0 Å². The molecule has 1 saturated heterocycles. The minimum absolute atomic E-state index is 0.443. The molecule has 6 nitrogen and oxygen atoms in total. The highest BCUT2D eigenvalue weighted by molar-refractivity contribution is 5.81. The minimum atomic E-state index is -0.687. The molecule has 0 aromatic rings. The van der Waals surface area contributed by atoms with Gasteiger partial charge >= 0.3 is 12.1 Å². The summed E-state index contributed by atoms with van der Waals surface area (Å²) in [6.45, 7) is 7.71. The molecular weight excluding hydrogens is 260 g/mol. The van der Waals surface area contributed by atoms with Crippen LogP contribution in [0.5, 0.6) is 0 Å². The second-order valence-corrected chi connectivity index (χ2v) is 6.08. The second-order valence-electron chi connectivity index (χ2n) is 6.08. The Balaban J connectivity index is 2.55. The zero-order valence-corrected chi connectivity index (χ0v) is 12.9. The monoisotopic (exact) mass is 286 g/mol. The van der Waals surface area contributed by atoms with Gasteiger partial charge in [-0.25, -0.2) is 9.59 Å². The van der Waals surface area contributed by atoms with Gasteiger partial charge in [0, 0.05) is 6.54 Å². The first-order valence-corrected chi connectivity index (χ1v) is 7.11. The van der Waals surface area contributed by atoms with Gasteiger partial charge in [0.25, 0.3) is 0 Å². The summed E-state index contributed by atoms with van der Waals surface area (Å²) in [4.78, 5) is 25.7. The number of hydrogen-bond acceptors (Lipinski definition) is 5. The largest absolute Gasteiger partial charge is 0.467 e. The van der Waals surface area contributed by atoms with Crippen LogP contribution in [0.2, 0.25) is 0 Å². The van der Waals surface area contributed by atoms with Crippen molar-refractivity contribution in [1.29, 1.82) is 0 Å². The molecule has 1 aliphatic rings. The third-order valence-corrected chi connectivity index (χ3v) is 3.07. The lowest BCUT2D eigenvalue weighted by molar-refractivity contribution is -0.143. The van der Waals surface area contributed by atoms with Crippen LogP contribution < -0.4 is 5.32 Å². The van der Waals surface area contributed by atoms with Gasteiger partial charge in [0.2, 0.25) is 0 Å². The van der Waals surface area contributed by atoms with E-state index < -0.39 is 23.7 Å². The van der Waals surface area contributed by atoms with Gasteiger partial charge in [-0.3, -0.25) is 0 Å². The Labute approximate surface area is 120 Å². The standard InChI is InChI=1S/C14H26N2O4/c1-14(2,3)20-13(18)15-11(12(17)19-4)10-16-8-6-5-7-9-16/h11H,5-10H2,1-4H3,(H,15,18)/t11-/m0/s1. The van der Waals surface area contributed by atoms with Crippen molar-refractivity contribution in [1.82, 2.24) is 10.2 Å². The Kier molecular flexibility index (Phi) is 6.26. The number of hydrogen-bond donors (Lipinski definition) is 1. The van der Waals surface area contributed by atoms with Gasteiger partial charge in [-0.1, -0.05) is 6.42 Å². The van der Waals surface area contributed by atoms with Crippen molar-refractivity contribution in [3.8, 4) is 0 Å². The topological polar surface area (TPSA) is 67.9 Å². The first-order chi connectivity index (χ1) is 9.31. The fraction of sp³-hybridized carbons (Fsp3) is 0.857. The molecule has 0 saturated carbocycles. The number of carbonyl (C=O) groups is 2. The number of nitrogens with one attached hydrogen (secondary N) is 1. The summed E-state index contributed by atoms with van der Waals surface area (Å²) >= 11 is 0. The van der Waals surface area contributed by atoms with Gasteiger partial charge in [-0.2, -0.15) is 0 Å². The summed E-state index contributed by atoms with van der Waals surface area (Å²) in [5, 5.41) is 2.59. The summed E-state index contributed by atoms with van der Waals surface area (Å²) in [5.41, 5.74) is -0.587. The Morgan fingerprint density at radius 2 is 1.80 bits per heavy atom. The van der Waals surface area contributed by atoms with E-state index in [4.69, 9.17) is 9.47 Å². The summed E-state index contributed by atoms with van der Waals surface area (Å²) in [6.07, 6.45) is 2.88. The fourth-order valence-corrected chi connectivity index (χ4v) is 2.17. The van der Waals surface area contributed by atoms with Crippen molar-refractivity contribution in [3.05, 3.63) is 0 Å². The third kappa shape index (κ3) is 6.23. The molecule has 0 aromatic heterocycles. The third-order valence-electron chi connectivity index (χ3n) is 3.07. The Morgan fingerprint density at radius 1 is 1.20 bits per heavy atom. The van der Waals surface area contributed by atoms with Crippen LogP contribution in [-0.4, -0.2) is 55.3 Å². The maximum atomic E-state index is 11.8. The van der Waals surface area contributed by atoms with Crippen LogP contribution >= 0.6 is 0 Å². The molecule has 1 rings (SSSR count). The lowest BCUT2D eigenvalue weighted by Gasteiger charge is -2.30. The first-order valence-electron chi connectivity index (χ1n) is 7.11. The molecule has 6 heteroatoms. The molecular formula is C14H26N2O4. The number of amides is 1. The number of ether oxygens (including phenoxy) is 2. The lowest BCUT2D eigenvalue weighted by Crippen LogP contribution is -2.51. The average molecular weight is 286 g/mol. The van der Waals surface area contributed by atoms with E-state index in [1.54, 1.807) is 20.8 Å². The normalized spacial score (nSPS) is 18.2. The summed E-state index contributed by atoms with van der Waals surface area (Å²) < 4.78 is 9.92. The van der Waals surface area contributed by atoms with E-state index in [-0.39, 0.29) is 0 Å². The number of carbonyl (C=O) groups excluding carboxylic acids is 2. The van der Waals surface area contributed by atoms with E-state index >= 15 is 0 Å². The van der Waals surface area contributed by atoms with Gasteiger partial charge in [0.1, 0.15) is 11.6 Å². The Hall–Kier alpha value is -1.30. The van der Waals surface area contributed by atoms with Gasteiger partial charge in [0.15, 0.2) is 0 Å². The predicted molar refractivity (Wildman–Crippen MR) is 75.5 cm³/mol. The molecule has 0 radical (unpaired) electrons. The number of methoxy groups -OCH3 is 1. The summed E-state index contributed by atoms with van der Waals surface area (Å²) in [5.74, 6) is -0.443. The van der Waals surface area contributed by atoms with Crippen molar-refractivity contribution in [2.75, 3.05) is 26.7 Å². The zero-order chi connectivity index (χ0) is 15.2. The maximum Gasteiger partial charge on any atom is 0.408 e. The highest BCUT2D eigenvalue weighted by Gasteiger charge is 2.27. The van der Waals surface area contributed by atoms with E-state index in [9.17, 15) is 9.59 Å². The van der Waals surface area contributed by atoms with Gasteiger partial charge < -0.3 is 19.7 Å². The predicted octanol–water partition coefficient (Wildman–Crippen LogP) is 1.54. The molecule has 20 heavy (non-hydrogen) atoms. The second kappa shape index (κ2) is 7.47. The summed E-state index contributed by atoms with van der Waals surface area (Å²) in [6, 6.07) is -0.687. The zero-order valence-electron chi connectivity index (χ0n) is 12.9. The van der Waals surface area contributed by atoms with Crippen LogP contribution in [0.4, 0.5) is 4.79 Å². The summed E-state index contributed by atoms with van der Waals surface area (Å²) in [7, 11) is 1.32. The minimum Gasteiger partial charge on any atom is -0.467 e. The van der Waals surface area contributed by atoms with E-state index in [2.05, 4.69) is 10.2 Å². The Morgan fingerprint density at radius 3 is 2.30 bits per heavy atom.